The lowest BCUT2D eigenvalue weighted by atomic mass is 9.69. The number of sulfonamides is 1. The van der Waals surface area contributed by atoms with Crippen molar-refractivity contribution in [3.05, 3.63) is 0 Å². The zero-order chi connectivity index (χ0) is 17.1. The zero-order valence-electron chi connectivity index (χ0n) is 15.5. The van der Waals surface area contributed by atoms with Crippen molar-refractivity contribution in [3.8, 4) is 0 Å². The van der Waals surface area contributed by atoms with Crippen LogP contribution in [-0.4, -0.2) is 43.6 Å². The van der Waals surface area contributed by atoms with Gasteiger partial charge in [0.05, 0.1) is 5.75 Å². The van der Waals surface area contributed by atoms with E-state index in [4.69, 9.17) is 0 Å². The summed E-state index contributed by atoms with van der Waals surface area (Å²) in [6.45, 7) is 10.2. The molecule has 4 nitrogen and oxygen atoms in total. The third-order valence-corrected chi connectivity index (χ3v) is 8.31. The van der Waals surface area contributed by atoms with Gasteiger partial charge in [-0.1, -0.05) is 27.2 Å². The molecule has 2 fully saturated rings. The van der Waals surface area contributed by atoms with Crippen molar-refractivity contribution in [2.24, 2.45) is 11.3 Å². The normalized spacial score (nSPS) is 28.9. The molecule has 1 saturated carbocycles. The smallest absolute Gasteiger partial charge is 0.213 e. The summed E-state index contributed by atoms with van der Waals surface area (Å²) in [6.07, 6.45) is 8.41. The lowest BCUT2D eigenvalue weighted by Crippen LogP contribution is -2.49. The van der Waals surface area contributed by atoms with Crippen LogP contribution in [0.3, 0.4) is 0 Å². The van der Waals surface area contributed by atoms with Crippen LogP contribution in [0.25, 0.3) is 0 Å². The molecule has 0 unspecified atom stereocenters. The Kier molecular flexibility index (Phi) is 6.54. The topological polar surface area (TPSA) is 49.4 Å². The van der Waals surface area contributed by atoms with Crippen LogP contribution in [-0.2, 0) is 10.0 Å². The quantitative estimate of drug-likeness (QED) is 0.803. The third kappa shape index (κ3) is 4.93. The first kappa shape index (κ1) is 19.2. The molecule has 136 valence electrons. The highest BCUT2D eigenvalue weighted by Crippen LogP contribution is 2.40. The van der Waals surface area contributed by atoms with E-state index < -0.39 is 10.0 Å². The number of hydrogen-bond donors (Lipinski definition) is 1. The number of hydrogen-bond acceptors (Lipinski definition) is 3. The van der Waals surface area contributed by atoms with E-state index in [1.807, 2.05) is 0 Å². The first-order valence-corrected chi connectivity index (χ1v) is 11.1. The Morgan fingerprint density at radius 3 is 1.96 bits per heavy atom. The van der Waals surface area contributed by atoms with Crippen molar-refractivity contribution in [3.63, 3.8) is 0 Å². The molecule has 0 spiro atoms. The van der Waals surface area contributed by atoms with E-state index in [2.05, 4.69) is 26.1 Å². The molecule has 0 radical (unpaired) electrons. The molecule has 1 saturated heterocycles. The maximum Gasteiger partial charge on any atom is 0.213 e. The first-order chi connectivity index (χ1) is 10.8. The third-order valence-electron chi connectivity index (χ3n) is 6.43. The molecule has 0 bridgehead atoms. The highest BCUT2D eigenvalue weighted by molar-refractivity contribution is 7.89. The molecule has 1 aliphatic heterocycles. The van der Waals surface area contributed by atoms with Gasteiger partial charge in [-0.3, -0.25) is 0 Å². The van der Waals surface area contributed by atoms with E-state index in [-0.39, 0.29) is 5.75 Å². The fraction of sp³-hybridized carbons (Fsp3) is 1.00. The SMILES string of the molecule is CCC(C)(C)C1CCC(NC2CCN(S(=O)(=O)CC)CC2)CC1. The van der Waals surface area contributed by atoms with E-state index in [0.29, 0.717) is 30.6 Å². The van der Waals surface area contributed by atoms with Gasteiger partial charge in [0.15, 0.2) is 0 Å². The molecule has 0 aromatic rings. The van der Waals surface area contributed by atoms with Gasteiger partial charge in [0.25, 0.3) is 0 Å². The molecule has 2 aliphatic rings. The fourth-order valence-electron chi connectivity index (χ4n) is 4.15. The molecule has 0 aromatic carbocycles. The molecule has 2 rings (SSSR count). The summed E-state index contributed by atoms with van der Waals surface area (Å²) in [5, 5.41) is 3.82. The Morgan fingerprint density at radius 2 is 1.48 bits per heavy atom. The molecule has 0 amide bonds. The standard InChI is InChI=1S/C18H36N2O2S/c1-5-18(3,4)15-7-9-16(10-8-15)19-17-11-13-20(14-12-17)23(21,22)6-2/h15-17,19H,5-14H2,1-4H3. The summed E-state index contributed by atoms with van der Waals surface area (Å²) in [5.74, 6) is 1.09. The van der Waals surface area contributed by atoms with Crippen molar-refractivity contribution < 1.29 is 8.42 Å². The second kappa shape index (κ2) is 7.83. The van der Waals surface area contributed by atoms with E-state index in [0.717, 1.165) is 18.8 Å². The number of rotatable bonds is 6. The lowest BCUT2D eigenvalue weighted by Gasteiger charge is -2.41. The zero-order valence-corrected chi connectivity index (χ0v) is 16.3. The molecule has 5 heteroatoms. The minimum Gasteiger partial charge on any atom is -0.311 e. The van der Waals surface area contributed by atoms with Crippen LogP contribution in [0.2, 0.25) is 0 Å². The van der Waals surface area contributed by atoms with Gasteiger partial charge in [-0.15, -0.1) is 0 Å². The maximum absolute atomic E-state index is 11.9. The van der Waals surface area contributed by atoms with Crippen LogP contribution in [0.4, 0.5) is 0 Å². The van der Waals surface area contributed by atoms with Crippen LogP contribution in [0.15, 0.2) is 0 Å². The Hall–Kier alpha value is -0.130. The van der Waals surface area contributed by atoms with Gasteiger partial charge >= 0.3 is 0 Å². The van der Waals surface area contributed by atoms with Gasteiger partial charge in [-0.05, 0) is 56.8 Å². The summed E-state index contributed by atoms with van der Waals surface area (Å²) < 4.78 is 25.5. The summed E-state index contributed by atoms with van der Waals surface area (Å²) in [4.78, 5) is 0. The average Bonchev–Trinajstić information content (AvgIpc) is 2.56. The monoisotopic (exact) mass is 344 g/mol. The Bertz CT molecular complexity index is 459. The van der Waals surface area contributed by atoms with Crippen LogP contribution in [0.1, 0.15) is 72.6 Å². The minimum atomic E-state index is -3.00. The molecular weight excluding hydrogens is 308 g/mol. The average molecular weight is 345 g/mol. The van der Waals surface area contributed by atoms with Gasteiger partial charge in [-0.2, -0.15) is 0 Å². The van der Waals surface area contributed by atoms with E-state index in [1.165, 1.54) is 32.1 Å². The molecule has 23 heavy (non-hydrogen) atoms. The first-order valence-electron chi connectivity index (χ1n) is 9.52. The highest BCUT2D eigenvalue weighted by Gasteiger charge is 2.33. The molecule has 0 aromatic heterocycles. The largest absolute Gasteiger partial charge is 0.311 e. The minimum absolute atomic E-state index is 0.225. The Morgan fingerprint density at radius 1 is 0.957 bits per heavy atom. The van der Waals surface area contributed by atoms with Crippen LogP contribution in [0, 0.1) is 11.3 Å². The summed E-state index contributed by atoms with van der Waals surface area (Å²) in [7, 11) is -3.00. The predicted molar refractivity (Wildman–Crippen MR) is 97.0 cm³/mol. The predicted octanol–water partition coefficient (Wildman–Crippen LogP) is 3.39. The van der Waals surface area contributed by atoms with Crippen molar-refractivity contribution >= 4 is 10.0 Å². The van der Waals surface area contributed by atoms with Gasteiger partial charge in [0.2, 0.25) is 10.0 Å². The van der Waals surface area contributed by atoms with E-state index in [1.54, 1.807) is 11.2 Å². The second-order valence-electron chi connectivity index (χ2n) is 8.13. The van der Waals surface area contributed by atoms with E-state index >= 15 is 0 Å². The van der Waals surface area contributed by atoms with E-state index in [9.17, 15) is 8.42 Å². The Labute approximate surface area is 143 Å². The second-order valence-corrected chi connectivity index (χ2v) is 10.4. The van der Waals surface area contributed by atoms with Gasteiger partial charge < -0.3 is 5.32 Å². The van der Waals surface area contributed by atoms with Crippen LogP contribution in [0.5, 0.6) is 0 Å². The van der Waals surface area contributed by atoms with Crippen molar-refractivity contribution in [1.29, 1.82) is 0 Å². The van der Waals surface area contributed by atoms with Crippen LogP contribution >= 0.6 is 0 Å². The highest BCUT2D eigenvalue weighted by atomic mass is 32.2. The molecular formula is C18H36N2O2S. The number of piperidine rings is 1. The molecule has 1 N–H and O–H groups in total. The summed E-state index contributed by atoms with van der Waals surface area (Å²) >= 11 is 0. The summed E-state index contributed by atoms with van der Waals surface area (Å²) in [5.41, 5.74) is 0.477. The Balaban J connectivity index is 1.74. The molecule has 0 atom stereocenters. The van der Waals surface area contributed by atoms with Gasteiger partial charge in [-0.25, -0.2) is 12.7 Å². The maximum atomic E-state index is 11.9. The van der Waals surface area contributed by atoms with Crippen molar-refractivity contribution in [2.45, 2.75) is 84.7 Å². The molecule has 1 aliphatic carbocycles. The fourth-order valence-corrected chi connectivity index (χ4v) is 5.28. The molecule has 1 heterocycles. The van der Waals surface area contributed by atoms with Gasteiger partial charge in [0, 0.05) is 25.2 Å². The van der Waals surface area contributed by atoms with Crippen molar-refractivity contribution in [2.75, 3.05) is 18.8 Å². The lowest BCUT2D eigenvalue weighted by molar-refractivity contribution is 0.130. The van der Waals surface area contributed by atoms with Gasteiger partial charge in [0.1, 0.15) is 0 Å². The summed E-state index contributed by atoms with van der Waals surface area (Å²) in [6, 6.07) is 1.14. The number of nitrogens with zero attached hydrogens (tertiary/aromatic N) is 1. The number of nitrogens with one attached hydrogen (secondary N) is 1. The van der Waals surface area contributed by atoms with Crippen LogP contribution < -0.4 is 5.32 Å². The van der Waals surface area contributed by atoms with Crippen molar-refractivity contribution in [1.82, 2.24) is 9.62 Å².